The molecule has 4 rings (SSSR count). The van der Waals surface area contributed by atoms with E-state index in [-0.39, 0.29) is 33.5 Å². The number of furan rings is 1. The number of carbonyl (C=O) groups excluding carboxylic acids is 1. The fourth-order valence-corrected chi connectivity index (χ4v) is 4.27. The van der Waals surface area contributed by atoms with Crippen molar-refractivity contribution in [1.82, 2.24) is 4.90 Å². The predicted octanol–water partition coefficient (Wildman–Crippen LogP) is 6.41. The van der Waals surface area contributed by atoms with Crippen LogP contribution in [0, 0.1) is 5.82 Å². The van der Waals surface area contributed by atoms with Crippen molar-refractivity contribution in [3.05, 3.63) is 82.6 Å². The average molecular weight is 517 g/mol. The van der Waals surface area contributed by atoms with Crippen LogP contribution in [0.2, 0.25) is 0 Å². The Labute approximate surface area is 210 Å². The number of amides is 1. The molecule has 0 fully saturated rings. The Morgan fingerprint density at radius 1 is 1.08 bits per heavy atom. The van der Waals surface area contributed by atoms with E-state index < -0.39 is 31.0 Å². The number of benzene rings is 2. The third-order valence-corrected chi connectivity index (χ3v) is 6.10. The van der Waals surface area contributed by atoms with Gasteiger partial charge in [-0.1, -0.05) is 6.07 Å². The number of phenols is 1. The Morgan fingerprint density at radius 3 is 2.32 bits per heavy atom. The topological polar surface area (TPSA) is 72.1 Å². The van der Waals surface area contributed by atoms with Gasteiger partial charge in [-0.05, 0) is 82.8 Å². The molecule has 0 unspecified atom stereocenters. The Morgan fingerprint density at radius 2 is 1.76 bits per heavy atom. The lowest BCUT2D eigenvalue weighted by atomic mass is 10.00. The van der Waals surface area contributed by atoms with Crippen molar-refractivity contribution >= 4 is 23.1 Å². The number of halogens is 4. The number of rotatable bonds is 7. The monoisotopic (exact) mass is 517 g/mol. The minimum atomic E-state index is -4.94. The van der Waals surface area contributed by atoms with Gasteiger partial charge in [-0.3, -0.25) is 4.79 Å². The van der Waals surface area contributed by atoms with Crippen LogP contribution in [0.4, 0.5) is 17.6 Å². The second kappa shape index (κ2) is 10.0. The molecule has 2 aromatic carbocycles. The maximum absolute atomic E-state index is 14.2. The second-order valence-corrected chi connectivity index (χ2v) is 8.33. The molecule has 37 heavy (non-hydrogen) atoms. The summed E-state index contributed by atoms with van der Waals surface area (Å²) in [5.41, 5.74) is 2.81. The first-order chi connectivity index (χ1) is 17.5. The van der Waals surface area contributed by atoms with Crippen LogP contribution < -0.4 is 9.47 Å². The summed E-state index contributed by atoms with van der Waals surface area (Å²) in [5.74, 6) is -1.70. The molecule has 194 valence electrons. The average Bonchev–Trinajstić information content (AvgIpc) is 3.45. The van der Waals surface area contributed by atoms with Gasteiger partial charge >= 0.3 is 6.30 Å². The third kappa shape index (κ3) is 5.18. The molecule has 0 aliphatic heterocycles. The smallest absolute Gasteiger partial charge is 0.487 e. The molecule has 1 heterocycles. The van der Waals surface area contributed by atoms with Gasteiger partial charge in [0.15, 0.2) is 11.5 Å². The highest BCUT2D eigenvalue weighted by atomic mass is 19.4. The number of alkyl halides is 3. The van der Waals surface area contributed by atoms with E-state index in [9.17, 15) is 27.5 Å². The van der Waals surface area contributed by atoms with Gasteiger partial charge in [-0.25, -0.2) is 9.29 Å². The number of allylic oxidation sites excluding steroid dienone is 2. The summed E-state index contributed by atoms with van der Waals surface area (Å²) in [6, 6.07) is 9.83. The van der Waals surface area contributed by atoms with Gasteiger partial charge in [0.2, 0.25) is 11.7 Å². The zero-order valence-electron chi connectivity index (χ0n) is 20.1. The third-order valence-electron chi connectivity index (χ3n) is 6.10. The van der Waals surface area contributed by atoms with E-state index in [1.54, 1.807) is 25.1 Å². The molecule has 1 amide bonds. The van der Waals surface area contributed by atoms with Gasteiger partial charge in [0.1, 0.15) is 11.6 Å². The largest absolute Gasteiger partial charge is 0.502 e. The normalized spacial score (nSPS) is 14.2. The van der Waals surface area contributed by atoms with Gasteiger partial charge < -0.3 is 19.0 Å². The molecule has 1 aliphatic rings. The Balaban J connectivity index is 1.77. The molecular weight excluding hydrogens is 494 g/mol. The van der Waals surface area contributed by atoms with E-state index in [4.69, 9.17) is 13.9 Å². The first kappa shape index (κ1) is 25.9. The molecule has 1 aliphatic carbocycles. The molecule has 1 N–H and O–H groups in total. The number of ether oxygens (including phenoxy) is 2. The van der Waals surface area contributed by atoms with Crippen molar-refractivity contribution in [3.8, 4) is 17.2 Å². The number of hydrogen-bond donors (Lipinski definition) is 1. The number of phenolic OH excluding ortho intramolecular Hbond substituents is 1. The van der Waals surface area contributed by atoms with Crippen molar-refractivity contribution < 1.29 is 41.4 Å². The van der Waals surface area contributed by atoms with Crippen LogP contribution in [0.1, 0.15) is 35.8 Å². The van der Waals surface area contributed by atoms with Gasteiger partial charge in [0.05, 0.1) is 33.4 Å². The highest BCUT2D eigenvalue weighted by Crippen LogP contribution is 2.46. The zero-order valence-corrected chi connectivity index (χ0v) is 20.1. The van der Waals surface area contributed by atoms with Crippen molar-refractivity contribution in [2.24, 2.45) is 0 Å². The van der Waals surface area contributed by atoms with E-state index in [1.165, 1.54) is 50.8 Å². The van der Waals surface area contributed by atoms with E-state index >= 15 is 0 Å². The Bertz CT molecular complexity index is 1370. The second-order valence-electron chi connectivity index (χ2n) is 8.33. The predicted molar refractivity (Wildman–Crippen MR) is 128 cm³/mol. The minimum absolute atomic E-state index is 0.0231. The number of methoxy groups -OCH3 is 2. The maximum Gasteiger partial charge on any atom is 0.487 e. The summed E-state index contributed by atoms with van der Waals surface area (Å²) in [6.45, 7) is 0.874. The van der Waals surface area contributed by atoms with Crippen LogP contribution in [-0.4, -0.2) is 36.4 Å². The lowest BCUT2D eigenvalue weighted by molar-refractivity contribution is -0.244. The molecule has 3 aromatic rings. The van der Waals surface area contributed by atoms with Gasteiger partial charge in [-0.15, -0.1) is 13.2 Å². The zero-order chi connectivity index (χ0) is 26.9. The summed E-state index contributed by atoms with van der Waals surface area (Å²) in [5, 5.41) is 10.2. The van der Waals surface area contributed by atoms with Crippen molar-refractivity contribution in [2.75, 3.05) is 14.2 Å². The number of fused-ring (bicyclic) bond motifs is 1. The molecular formula is C27H23F4NO5. The van der Waals surface area contributed by atoms with Crippen LogP contribution in [0.15, 0.2) is 58.7 Å². The van der Waals surface area contributed by atoms with Gasteiger partial charge in [0.25, 0.3) is 0 Å². The first-order valence-corrected chi connectivity index (χ1v) is 11.1. The lowest BCUT2D eigenvalue weighted by Gasteiger charge is -2.24. The molecule has 6 nitrogen and oxygen atoms in total. The van der Waals surface area contributed by atoms with E-state index in [1.807, 2.05) is 0 Å². The molecule has 10 heteroatoms. The number of nitrogens with zero attached hydrogens (tertiary/aromatic N) is 1. The van der Waals surface area contributed by atoms with Gasteiger partial charge in [0, 0.05) is 0 Å². The van der Waals surface area contributed by atoms with Crippen LogP contribution in [-0.2, 0) is 11.3 Å². The molecule has 0 saturated carbocycles. The van der Waals surface area contributed by atoms with Crippen LogP contribution >= 0.6 is 0 Å². The van der Waals surface area contributed by atoms with Crippen molar-refractivity contribution in [1.29, 1.82) is 0 Å². The first-order valence-electron chi connectivity index (χ1n) is 11.1. The fourth-order valence-electron chi connectivity index (χ4n) is 4.27. The van der Waals surface area contributed by atoms with Crippen LogP contribution in [0.5, 0.6) is 17.2 Å². The maximum atomic E-state index is 14.2. The summed E-state index contributed by atoms with van der Waals surface area (Å²) in [4.78, 5) is 12.7. The lowest BCUT2D eigenvalue weighted by Crippen LogP contribution is -2.42. The Kier molecular flexibility index (Phi) is 7.02. The van der Waals surface area contributed by atoms with Gasteiger partial charge in [-0.2, -0.15) is 0 Å². The molecule has 0 bridgehead atoms. The summed E-state index contributed by atoms with van der Waals surface area (Å²) >= 11 is 0. The highest BCUT2D eigenvalue weighted by molar-refractivity contribution is 6.08. The number of hydrogen-bond acceptors (Lipinski definition) is 5. The number of aromatic hydroxyl groups is 1. The molecule has 0 radical (unpaired) electrons. The molecule has 0 atom stereocenters. The molecule has 1 aromatic heterocycles. The standard InChI is InChI=1S/C27H23F4NO5/c1-15-20(9-16-10-23(35-2)26(34)24(11-16)36-3)19-7-6-17(28)12-22(19)21(15)13-25(33)32(27(29,30)31)14-18-5-4-8-37-18/h4-12,34H,13-14H2,1-3H3. The minimum Gasteiger partial charge on any atom is -0.502 e. The summed E-state index contributed by atoms with van der Waals surface area (Å²) in [6.07, 6.45) is -2.62. The van der Waals surface area contributed by atoms with Crippen molar-refractivity contribution in [3.63, 3.8) is 0 Å². The summed E-state index contributed by atoms with van der Waals surface area (Å²) in [7, 11) is 2.76. The SMILES string of the molecule is COc1cc(C=C2C(C)=C(CC(=O)N(Cc3ccco3)C(F)(F)F)c3cc(F)ccc32)cc(OC)c1O. The highest BCUT2D eigenvalue weighted by Gasteiger charge is 2.42. The fraction of sp³-hybridized carbons (Fsp3) is 0.222. The van der Waals surface area contributed by atoms with E-state index in [0.717, 1.165) is 0 Å². The van der Waals surface area contributed by atoms with E-state index in [2.05, 4.69) is 0 Å². The van der Waals surface area contributed by atoms with E-state index in [0.29, 0.717) is 27.8 Å². The molecule has 0 saturated heterocycles. The summed E-state index contributed by atoms with van der Waals surface area (Å²) < 4.78 is 70.9. The quantitative estimate of drug-likeness (QED) is 0.290. The molecule has 0 spiro atoms. The Hall–Kier alpha value is -4.21. The van der Waals surface area contributed by atoms with Crippen LogP contribution in [0.3, 0.4) is 0 Å². The van der Waals surface area contributed by atoms with Crippen LogP contribution in [0.25, 0.3) is 17.2 Å². The number of carbonyl (C=O) groups is 1. The van der Waals surface area contributed by atoms with Crippen molar-refractivity contribution in [2.45, 2.75) is 26.2 Å².